The predicted octanol–water partition coefficient (Wildman–Crippen LogP) is 6.85. The maximum atomic E-state index is 15.5. The summed E-state index contributed by atoms with van der Waals surface area (Å²) in [5.41, 5.74) is 12.9. The first-order chi connectivity index (χ1) is 41.6. The Morgan fingerprint density at radius 2 is 1.05 bits per heavy atom. The van der Waals surface area contributed by atoms with E-state index in [0.29, 0.717) is 59.9 Å². The molecule has 0 bridgehead atoms. The lowest BCUT2D eigenvalue weighted by Gasteiger charge is -2.19. The van der Waals surface area contributed by atoms with Crippen molar-refractivity contribution in [3.8, 4) is 56.0 Å². The summed E-state index contributed by atoms with van der Waals surface area (Å²) in [7, 11) is 5.45. The number of rotatable bonds is 14. The van der Waals surface area contributed by atoms with Crippen molar-refractivity contribution < 1.29 is 52.3 Å². The molecule has 4 atom stereocenters. The fourth-order valence-electron chi connectivity index (χ4n) is 10.1. The normalized spacial score (nSPS) is 15.8. The summed E-state index contributed by atoms with van der Waals surface area (Å²) >= 11 is 0. The lowest BCUT2D eigenvalue weighted by molar-refractivity contribution is 0.101. The van der Waals surface area contributed by atoms with Crippen LogP contribution in [0, 0.1) is 39.3 Å². The van der Waals surface area contributed by atoms with Crippen LogP contribution >= 0.6 is 0 Å². The van der Waals surface area contributed by atoms with Crippen molar-refractivity contribution in [3.05, 3.63) is 207 Å². The summed E-state index contributed by atoms with van der Waals surface area (Å²) in [6.45, 7) is 9.21. The molecular formula is C65H70F2N8O13. The maximum absolute atomic E-state index is 15.5. The molecule has 2 aliphatic rings. The Balaban J connectivity index is 0.000000225. The number of hydrogen-bond acceptors (Lipinski definition) is 15. The monoisotopic (exact) mass is 1210 g/mol. The highest BCUT2D eigenvalue weighted by Crippen LogP contribution is 2.40. The number of anilines is 2. The van der Waals surface area contributed by atoms with E-state index < -0.39 is 58.2 Å². The fraction of sp³-hybridized carbons (Fsp3) is 0.277. The van der Waals surface area contributed by atoms with Gasteiger partial charge in [0.1, 0.15) is 34.3 Å². The number of aliphatic hydroxyl groups is 2. The van der Waals surface area contributed by atoms with E-state index in [2.05, 4.69) is 25.9 Å². The Morgan fingerprint density at radius 1 is 0.625 bits per heavy atom. The number of nitrogens with one attached hydrogen (secondary N) is 5. The summed E-state index contributed by atoms with van der Waals surface area (Å²) in [5.74, 6) is -1.88. The summed E-state index contributed by atoms with van der Waals surface area (Å²) in [6.07, 6.45) is 1.54. The molecule has 2 saturated heterocycles. The second-order valence-corrected chi connectivity index (χ2v) is 20.8. The van der Waals surface area contributed by atoms with Gasteiger partial charge in [-0.25, -0.2) is 18.4 Å². The minimum atomic E-state index is -0.707. The highest BCUT2D eigenvalue weighted by Gasteiger charge is 2.27. The number of aromatic amines is 2. The number of benzene rings is 6. The number of hydrogen-bond donors (Lipinski definition) is 8. The van der Waals surface area contributed by atoms with Crippen LogP contribution in [0.3, 0.4) is 0 Å². The second-order valence-electron chi connectivity index (χ2n) is 20.8. The Bertz CT molecular complexity index is 4170. The molecule has 462 valence electrons. The largest absolute Gasteiger partial charge is 0.496 e. The van der Waals surface area contributed by atoms with E-state index >= 15 is 4.39 Å². The highest BCUT2D eigenvalue weighted by atomic mass is 19.1. The van der Waals surface area contributed by atoms with Crippen molar-refractivity contribution in [2.45, 2.75) is 66.0 Å². The third-order valence-electron chi connectivity index (χ3n) is 15.4. The van der Waals surface area contributed by atoms with Gasteiger partial charge in [-0.15, -0.1) is 0 Å². The maximum Gasteiger partial charge on any atom is 0.328 e. The number of carbonyl (C=O) groups is 3. The van der Waals surface area contributed by atoms with Crippen LogP contribution in [-0.4, -0.2) is 112 Å². The van der Waals surface area contributed by atoms with Crippen molar-refractivity contribution in [3.63, 3.8) is 0 Å². The minimum absolute atomic E-state index is 0. The number of carbonyl (C=O) groups excluding carboxylic acids is 3. The molecule has 2 aromatic heterocycles. The van der Waals surface area contributed by atoms with Crippen LogP contribution in [0.5, 0.6) is 11.5 Å². The van der Waals surface area contributed by atoms with Crippen molar-refractivity contribution in [1.29, 1.82) is 0 Å². The molecule has 0 unspecified atom stereocenters. The molecule has 23 heteroatoms. The summed E-state index contributed by atoms with van der Waals surface area (Å²) in [4.78, 5) is 89.9. The Labute approximate surface area is 504 Å². The van der Waals surface area contributed by atoms with Crippen LogP contribution in [0.25, 0.3) is 44.5 Å². The van der Waals surface area contributed by atoms with Gasteiger partial charge in [-0.1, -0.05) is 68.1 Å². The molecule has 0 radical (unpaired) electrons. The Morgan fingerprint density at radius 3 is 1.45 bits per heavy atom. The molecule has 2 aliphatic heterocycles. The van der Waals surface area contributed by atoms with Gasteiger partial charge in [-0.3, -0.25) is 33.1 Å². The van der Waals surface area contributed by atoms with Gasteiger partial charge in [0, 0.05) is 50.0 Å². The molecule has 2 amide bonds. The molecule has 10 rings (SSSR count). The molecule has 4 heterocycles. The van der Waals surface area contributed by atoms with Gasteiger partial charge in [0.15, 0.2) is 6.29 Å². The zero-order valence-electron chi connectivity index (χ0n) is 48.9. The molecule has 8 aromatic rings. The van der Waals surface area contributed by atoms with E-state index in [0.717, 1.165) is 77.2 Å². The Hall–Kier alpha value is -9.49. The topological polar surface area (TPSA) is 300 Å². The predicted molar refractivity (Wildman–Crippen MR) is 331 cm³/mol. The van der Waals surface area contributed by atoms with Gasteiger partial charge in [-0.2, -0.15) is 0 Å². The smallest absolute Gasteiger partial charge is 0.328 e. The molecule has 88 heavy (non-hydrogen) atoms. The van der Waals surface area contributed by atoms with Gasteiger partial charge in [0.25, 0.3) is 22.9 Å². The van der Waals surface area contributed by atoms with E-state index in [4.69, 9.17) is 29.8 Å². The van der Waals surface area contributed by atoms with Crippen LogP contribution in [0.4, 0.5) is 20.2 Å². The van der Waals surface area contributed by atoms with Gasteiger partial charge in [-0.05, 0) is 131 Å². The molecule has 21 nitrogen and oxygen atoms in total. The van der Waals surface area contributed by atoms with Gasteiger partial charge in [0.2, 0.25) is 0 Å². The van der Waals surface area contributed by atoms with Crippen LogP contribution in [-0.2, 0) is 30.1 Å². The number of amides is 2. The van der Waals surface area contributed by atoms with Crippen LogP contribution in [0.2, 0.25) is 0 Å². The van der Waals surface area contributed by atoms with Gasteiger partial charge in [0.05, 0.1) is 70.5 Å². The van der Waals surface area contributed by atoms with Crippen molar-refractivity contribution in [2.24, 2.45) is 19.8 Å². The number of aliphatic hydroxyl groups excluding tert-OH is 2. The van der Waals surface area contributed by atoms with E-state index in [1.807, 2.05) is 76.2 Å². The second kappa shape index (κ2) is 28.8. The molecule has 0 spiro atoms. The van der Waals surface area contributed by atoms with Gasteiger partial charge < -0.3 is 60.8 Å². The van der Waals surface area contributed by atoms with E-state index in [1.54, 1.807) is 36.4 Å². The first kappa shape index (κ1) is 66.0. The van der Waals surface area contributed by atoms with E-state index in [1.165, 1.54) is 40.4 Å². The van der Waals surface area contributed by atoms with Crippen molar-refractivity contribution in [1.82, 2.24) is 24.4 Å². The molecule has 2 fully saturated rings. The minimum Gasteiger partial charge on any atom is -0.496 e. The van der Waals surface area contributed by atoms with E-state index in [-0.39, 0.29) is 55.1 Å². The van der Waals surface area contributed by atoms with Gasteiger partial charge >= 0.3 is 11.4 Å². The summed E-state index contributed by atoms with van der Waals surface area (Å²) in [6, 6.07) is 27.9. The average molecular weight is 1210 g/mol. The molecule has 9 N–H and O–H groups in total. The third-order valence-corrected chi connectivity index (χ3v) is 15.4. The number of ether oxygens (including phenoxy) is 4. The third kappa shape index (κ3) is 14.2. The zero-order chi connectivity index (χ0) is 63.0. The lowest BCUT2D eigenvalue weighted by atomic mass is 9.90. The lowest BCUT2D eigenvalue weighted by Crippen LogP contribution is -2.38. The van der Waals surface area contributed by atoms with Crippen molar-refractivity contribution in [2.75, 3.05) is 51.3 Å². The van der Waals surface area contributed by atoms with Crippen LogP contribution in [0.15, 0.2) is 129 Å². The summed E-state index contributed by atoms with van der Waals surface area (Å²) < 4.78 is 52.6. The first-order valence-corrected chi connectivity index (χ1v) is 27.4. The molecule has 6 aromatic carbocycles. The number of aromatic nitrogens is 4. The highest BCUT2D eigenvalue weighted by molar-refractivity contribution is 6.05. The average Bonchev–Trinajstić information content (AvgIpc) is 2.46. The SMILES string of the molecule is C.COc1cc(-c2cccc(-c3cccc(NC(=O)c4c[nH]c(=O)n(C)c4=O)c3C)c2C)cc(F)c1C=O.COc1cc(-c2cccc(-c3cccc(NC(=O)c4c[nH]c(=O)n(C)c4=O)c3C)c2C)cc(F)c1CN[C@@H]1COC[C@H]1O.N[C@@H]1COC[C@H]1O. The quantitative estimate of drug-likeness (QED) is 0.0517. The Kier molecular flexibility index (Phi) is 21.6. The molecule has 0 saturated carbocycles. The zero-order valence-corrected chi connectivity index (χ0v) is 48.9. The molecular weight excluding hydrogens is 1140 g/mol. The fourth-order valence-corrected chi connectivity index (χ4v) is 10.1. The number of nitrogens with two attached hydrogens (primary N) is 1. The van der Waals surface area contributed by atoms with Crippen LogP contribution < -0.4 is 53.7 Å². The number of methoxy groups -OCH3 is 2. The van der Waals surface area contributed by atoms with Crippen LogP contribution in [0.1, 0.15) is 66.3 Å². The number of nitrogens with zero attached hydrogens (tertiary/aromatic N) is 2. The standard InChI is InChI=1S/C32H33FN4O6.C28H24FN3O5.C4H9NO2.CH4/c1-17-20(19-11-25(33)23(29(12-19)42-4)13-34-27-15-43-16-28(27)38)7-5-8-21(17)22-9-6-10-26(18(22)2)36-30(39)24-14-35-32(41)37(3)31(24)40;1-15-18(17-11-23(29)22(14-33)25(12-17)37-4)7-5-8-19(15)20-9-6-10-24(16(20)2)31-26(34)21-13-30-28(36)32(3)27(21)35;5-3-1-7-2-4(3)6;/h5-12,14,27-28,34,38H,13,15-16H2,1-4H3,(H,35,41)(H,36,39);5-14H,1-4H3,(H,30,36)(H,31,34);3-4,6H,1-2,5H2;1H4/t27-,28-;;3-,4-;/m1.1./s1. The van der Waals surface area contributed by atoms with E-state index in [9.17, 15) is 43.1 Å². The number of halogens is 2. The number of aldehydes is 1. The molecule has 0 aliphatic carbocycles. The summed E-state index contributed by atoms with van der Waals surface area (Å²) in [5, 5.41) is 27.4. The van der Waals surface area contributed by atoms with Crippen molar-refractivity contribution >= 4 is 29.5 Å². The first-order valence-electron chi connectivity index (χ1n) is 27.4. The number of H-pyrrole nitrogens is 2.